The van der Waals surface area contributed by atoms with Gasteiger partial charge in [0.1, 0.15) is 17.2 Å². The summed E-state index contributed by atoms with van der Waals surface area (Å²) in [4.78, 5) is 12.4. The minimum Gasteiger partial charge on any atom is -0.508 e. The number of nitrogens with one attached hydrogen (secondary N) is 1. The number of thiophene rings is 1. The molecule has 6 nitrogen and oxygen atoms in total. The van der Waals surface area contributed by atoms with E-state index < -0.39 is 5.91 Å². The van der Waals surface area contributed by atoms with Crippen LogP contribution in [0.4, 0.5) is 0 Å². The van der Waals surface area contributed by atoms with Crippen molar-refractivity contribution in [2.75, 3.05) is 0 Å². The second kappa shape index (κ2) is 5.98. The van der Waals surface area contributed by atoms with E-state index in [9.17, 15) is 20.1 Å². The predicted octanol–water partition coefficient (Wildman–Crippen LogP) is 2.78. The molecule has 116 valence electrons. The van der Waals surface area contributed by atoms with E-state index in [-0.39, 0.29) is 22.8 Å². The molecule has 3 rings (SSSR count). The van der Waals surface area contributed by atoms with Crippen LogP contribution in [-0.2, 0) is 0 Å². The zero-order chi connectivity index (χ0) is 16.4. The van der Waals surface area contributed by atoms with E-state index >= 15 is 0 Å². The highest BCUT2D eigenvalue weighted by atomic mass is 32.1. The van der Waals surface area contributed by atoms with Crippen molar-refractivity contribution in [3.05, 3.63) is 52.9 Å². The topological polar surface area (TPSA) is 102 Å². The van der Waals surface area contributed by atoms with Crippen molar-refractivity contribution in [1.29, 1.82) is 0 Å². The first kappa shape index (κ1) is 14.9. The third kappa shape index (κ3) is 2.95. The molecule has 0 spiro atoms. The highest BCUT2D eigenvalue weighted by Gasteiger charge is 2.11. The Kier molecular flexibility index (Phi) is 3.86. The van der Waals surface area contributed by atoms with Crippen LogP contribution in [0.5, 0.6) is 17.2 Å². The third-order valence-corrected chi connectivity index (χ3v) is 4.26. The van der Waals surface area contributed by atoms with Crippen molar-refractivity contribution in [2.45, 2.75) is 0 Å². The molecule has 1 amide bonds. The van der Waals surface area contributed by atoms with Crippen LogP contribution in [0.15, 0.2) is 47.6 Å². The summed E-state index contributed by atoms with van der Waals surface area (Å²) in [6, 6.07) is 11.0. The summed E-state index contributed by atoms with van der Waals surface area (Å²) in [5.74, 6) is -1.00. The molecule has 0 aliphatic heterocycles. The fourth-order valence-corrected chi connectivity index (χ4v) is 3.03. The van der Waals surface area contributed by atoms with E-state index in [1.165, 1.54) is 29.7 Å². The molecule has 0 atom stereocenters. The van der Waals surface area contributed by atoms with Crippen LogP contribution in [0.3, 0.4) is 0 Å². The molecule has 0 aliphatic carbocycles. The van der Waals surface area contributed by atoms with Gasteiger partial charge in [-0.1, -0.05) is 12.1 Å². The third-order valence-electron chi connectivity index (χ3n) is 3.17. The highest BCUT2D eigenvalue weighted by molar-refractivity contribution is 7.21. The monoisotopic (exact) mass is 328 g/mol. The number of phenols is 2. The predicted molar refractivity (Wildman–Crippen MR) is 88.3 cm³/mol. The molecule has 0 fully saturated rings. The van der Waals surface area contributed by atoms with Gasteiger partial charge < -0.3 is 15.3 Å². The van der Waals surface area contributed by atoms with Gasteiger partial charge in [-0.3, -0.25) is 4.79 Å². The Hall–Kier alpha value is -3.06. The summed E-state index contributed by atoms with van der Waals surface area (Å²) >= 11 is 1.34. The number of carbonyl (C=O) groups is 1. The van der Waals surface area contributed by atoms with Crippen LogP contribution in [0, 0.1) is 0 Å². The largest absolute Gasteiger partial charge is 0.508 e. The number of hydrogen-bond acceptors (Lipinski definition) is 6. The molecule has 7 heteroatoms. The first-order valence-corrected chi connectivity index (χ1v) is 7.44. The molecule has 0 bridgehead atoms. The van der Waals surface area contributed by atoms with Crippen LogP contribution >= 0.6 is 11.3 Å². The lowest BCUT2D eigenvalue weighted by Gasteiger charge is -2.02. The van der Waals surface area contributed by atoms with Gasteiger partial charge in [-0.25, -0.2) is 5.43 Å². The van der Waals surface area contributed by atoms with Crippen molar-refractivity contribution < 1.29 is 20.1 Å². The van der Waals surface area contributed by atoms with Gasteiger partial charge >= 0.3 is 0 Å². The molecule has 3 aromatic rings. The molecule has 0 aliphatic rings. The smallest absolute Gasteiger partial charge is 0.275 e. The highest BCUT2D eigenvalue weighted by Crippen LogP contribution is 2.35. The van der Waals surface area contributed by atoms with Gasteiger partial charge in [0.15, 0.2) is 0 Å². The zero-order valence-electron chi connectivity index (χ0n) is 11.7. The Morgan fingerprint density at radius 1 is 1.13 bits per heavy atom. The van der Waals surface area contributed by atoms with Crippen molar-refractivity contribution in [2.24, 2.45) is 5.10 Å². The van der Waals surface area contributed by atoms with Crippen LogP contribution in [-0.4, -0.2) is 27.4 Å². The van der Waals surface area contributed by atoms with Crippen LogP contribution in [0.1, 0.15) is 15.2 Å². The molecule has 23 heavy (non-hydrogen) atoms. The van der Waals surface area contributed by atoms with Crippen molar-refractivity contribution in [1.82, 2.24) is 5.43 Å². The van der Waals surface area contributed by atoms with Crippen LogP contribution in [0.25, 0.3) is 10.1 Å². The Labute approximate surface area is 134 Å². The maximum atomic E-state index is 11.9. The first-order valence-electron chi connectivity index (χ1n) is 6.62. The minimum atomic E-state index is -0.626. The van der Waals surface area contributed by atoms with Gasteiger partial charge in [-0.2, -0.15) is 5.10 Å². The molecule has 4 N–H and O–H groups in total. The summed E-state index contributed by atoms with van der Waals surface area (Å²) in [7, 11) is 0. The molecule has 0 saturated heterocycles. The maximum absolute atomic E-state index is 11.9. The normalized spacial score (nSPS) is 11.1. The van der Waals surface area contributed by atoms with E-state index in [0.717, 1.165) is 16.2 Å². The number of fused-ring (bicyclic) bond motifs is 1. The standard InChI is InChI=1S/C16H12N2O4S/c19-9-5-6-10(12(20)7-9)16(22)18-17-8-14-15(21)11-3-1-2-4-13(11)23-14/h1-8,19-21H,(H,18,22)/b17-8+. The van der Waals surface area contributed by atoms with Crippen molar-refractivity contribution >= 4 is 33.5 Å². The molecular formula is C16H12N2O4S. The summed E-state index contributed by atoms with van der Waals surface area (Å²) in [5.41, 5.74) is 2.25. The number of phenolic OH excluding ortho intramolecular Hbond substituents is 2. The molecule has 2 aromatic carbocycles. The van der Waals surface area contributed by atoms with E-state index in [4.69, 9.17) is 0 Å². The van der Waals surface area contributed by atoms with E-state index in [1.807, 2.05) is 18.2 Å². The first-order chi connectivity index (χ1) is 11.1. The van der Waals surface area contributed by atoms with Crippen LogP contribution < -0.4 is 5.43 Å². The minimum absolute atomic E-state index is 0.0134. The molecule has 0 unspecified atom stereocenters. The molecule has 0 saturated carbocycles. The summed E-state index contributed by atoms with van der Waals surface area (Å²) in [6.45, 7) is 0. The van der Waals surface area contributed by atoms with Gasteiger partial charge in [0.2, 0.25) is 0 Å². The SMILES string of the molecule is O=C(N/N=C/c1sc2ccccc2c1O)c1ccc(O)cc1O. The molecule has 1 heterocycles. The molecular weight excluding hydrogens is 316 g/mol. The number of nitrogens with zero attached hydrogens (tertiary/aromatic N) is 1. The summed E-state index contributed by atoms with van der Waals surface area (Å²) in [5, 5.41) is 33.4. The van der Waals surface area contributed by atoms with Gasteiger partial charge in [0, 0.05) is 16.2 Å². The Balaban J connectivity index is 1.77. The zero-order valence-corrected chi connectivity index (χ0v) is 12.5. The Bertz CT molecular complexity index is 918. The number of aromatic hydroxyl groups is 3. The summed E-state index contributed by atoms with van der Waals surface area (Å²) in [6.07, 6.45) is 1.34. The van der Waals surface area contributed by atoms with Gasteiger partial charge in [0.05, 0.1) is 16.7 Å². The molecule has 0 radical (unpaired) electrons. The Morgan fingerprint density at radius 3 is 2.65 bits per heavy atom. The van der Waals surface area contributed by atoms with Crippen molar-refractivity contribution in [3.63, 3.8) is 0 Å². The van der Waals surface area contributed by atoms with Gasteiger partial charge in [-0.05, 0) is 24.3 Å². The average Bonchev–Trinajstić information content (AvgIpc) is 2.84. The van der Waals surface area contributed by atoms with Crippen LogP contribution in [0.2, 0.25) is 0 Å². The fourth-order valence-electron chi connectivity index (χ4n) is 2.06. The number of carbonyl (C=O) groups excluding carboxylic acids is 1. The summed E-state index contributed by atoms with van der Waals surface area (Å²) < 4.78 is 0.911. The quantitative estimate of drug-likeness (QED) is 0.438. The lowest BCUT2D eigenvalue weighted by Crippen LogP contribution is -2.17. The van der Waals surface area contributed by atoms with E-state index in [1.54, 1.807) is 6.07 Å². The number of hydrogen-bond donors (Lipinski definition) is 4. The number of rotatable bonds is 3. The molecule has 1 aromatic heterocycles. The number of benzene rings is 2. The van der Waals surface area contributed by atoms with Gasteiger partial charge in [0.25, 0.3) is 5.91 Å². The second-order valence-corrected chi connectivity index (χ2v) is 5.80. The average molecular weight is 328 g/mol. The lowest BCUT2D eigenvalue weighted by molar-refractivity contribution is 0.0952. The Morgan fingerprint density at radius 2 is 1.91 bits per heavy atom. The fraction of sp³-hybridized carbons (Fsp3) is 0. The lowest BCUT2D eigenvalue weighted by atomic mass is 10.2. The number of hydrazone groups is 1. The van der Waals surface area contributed by atoms with E-state index in [0.29, 0.717) is 4.88 Å². The van der Waals surface area contributed by atoms with Gasteiger partial charge in [-0.15, -0.1) is 11.3 Å². The van der Waals surface area contributed by atoms with E-state index in [2.05, 4.69) is 10.5 Å². The van der Waals surface area contributed by atoms with Crippen molar-refractivity contribution in [3.8, 4) is 17.2 Å². The number of amides is 1. The maximum Gasteiger partial charge on any atom is 0.275 e. The second-order valence-electron chi connectivity index (χ2n) is 4.71.